The van der Waals surface area contributed by atoms with Gasteiger partial charge in [0, 0.05) is 28.7 Å². The van der Waals surface area contributed by atoms with E-state index in [-0.39, 0.29) is 16.6 Å². The first-order valence-electron chi connectivity index (χ1n) is 6.96. The van der Waals surface area contributed by atoms with Crippen molar-refractivity contribution in [1.29, 1.82) is 0 Å². The maximum atomic E-state index is 13.1. The molecule has 0 amide bonds. The molecule has 2 aromatic rings. The summed E-state index contributed by atoms with van der Waals surface area (Å²) in [6, 6.07) is 3.26. The molecule has 1 aromatic heterocycles. The van der Waals surface area contributed by atoms with Gasteiger partial charge in [-0.05, 0) is 32.0 Å². The van der Waals surface area contributed by atoms with Crippen LogP contribution >= 0.6 is 0 Å². The third-order valence-electron chi connectivity index (χ3n) is 3.44. The molecule has 1 aromatic carbocycles. The van der Waals surface area contributed by atoms with Crippen molar-refractivity contribution in [3.05, 3.63) is 40.2 Å². The summed E-state index contributed by atoms with van der Waals surface area (Å²) >= 11 is 0. The lowest BCUT2D eigenvalue weighted by atomic mass is 10.1. The van der Waals surface area contributed by atoms with Crippen LogP contribution in [0.5, 0.6) is 0 Å². The number of hydrogen-bond acceptors (Lipinski definition) is 2. The largest absolute Gasteiger partial charge is 0.417 e. The monoisotopic (exact) mass is 352 g/mol. The quantitative estimate of drug-likeness (QED) is 0.835. The smallest absolute Gasteiger partial charge is 0.360 e. The Morgan fingerprint density at radius 1 is 1.08 bits per heavy atom. The molecule has 0 aliphatic carbocycles. The zero-order valence-corrected chi connectivity index (χ0v) is 12.7. The van der Waals surface area contributed by atoms with Crippen LogP contribution < -0.4 is 10.5 Å². The van der Waals surface area contributed by atoms with E-state index >= 15 is 0 Å². The standard InChI is InChI=1S/C15H14F6N2O/c1-8(2)23(7-14(16,17)18)9-3-4-12-10(5-9)11(15(19,20)21)6-13(24)22-12/h3-6,8H,7H2,1-2H3,(H,22,24). The molecule has 0 bridgehead atoms. The van der Waals surface area contributed by atoms with Crippen molar-refractivity contribution in [3.63, 3.8) is 0 Å². The second-order valence-corrected chi connectivity index (χ2v) is 5.61. The van der Waals surface area contributed by atoms with Gasteiger partial charge in [-0.3, -0.25) is 4.79 Å². The number of anilines is 1. The number of H-pyrrole nitrogens is 1. The normalized spacial score (nSPS) is 12.9. The maximum absolute atomic E-state index is 13.1. The number of hydrogen-bond donors (Lipinski definition) is 1. The second-order valence-electron chi connectivity index (χ2n) is 5.61. The van der Waals surface area contributed by atoms with Gasteiger partial charge in [-0.2, -0.15) is 26.3 Å². The molecule has 2 rings (SSSR count). The zero-order valence-electron chi connectivity index (χ0n) is 12.7. The number of rotatable bonds is 3. The minimum absolute atomic E-state index is 0.00706. The minimum atomic E-state index is -4.79. The van der Waals surface area contributed by atoms with Crippen molar-refractivity contribution in [2.75, 3.05) is 11.4 Å². The van der Waals surface area contributed by atoms with Crippen LogP contribution in [0.25, 0.3) is 10.9 Å². The van der Waals surface area contributed by atoms with E-state index < -0.39 is 36.1 Å². The van der Waals surface area contributed by atoms with Crippen LogP contribution in [0.4, 0.5) is 32.0 Å². The van der Waals surface area contributed by atoms with E-state index in [9.17, 15) is 31.1 Å². The Morgan fingerprint density at radius 3 is 2.21 bits per heavy atom. The van der Waals surface area contributed by atoms with Crippen LogP contribution in [0, 0.1) is 0 Å². The number of halogens is 6. The predicted molar refractivity (Wildman–Crippen MR) is 78.1 cm³/mol. The van der Waals surface area contributed by atoms with Crippen LogP contribution in [0.3, 0.4) is 0 Å². The topological polar surface area (TPSA) is 36.1 Å². The molecule has 1 N–H and O–H groups in total. The summed E-state index contributed by atoms with van der Waals surface area (Å²) in [7, 11) is 0. The van der Waals surface area contributed by atoms with E-state index in [1.807, 2.05) is 0 Å². The lowest BCUT2D eigenvalue weighted by Crippen LogP contribution is -2.39. The summed E-state index contributed by atoms with van der Waals surface area (Å²) in [4.78, 5) is 14.5. The SMILES string of the molecule is CC(C)N(CC(F)(F)F)c1ccc2[nH]c(=O)cc(C(F)(F)F)c2c1. The van der Waals surface area contributed by atoms with Crippen molar-refractivity contribution in [2.24, 2.45) is 0 Å². The Bertz CT molecular complexity index is 791. The van der Waals surface area contributed by atoms with E-state index in [2.05, 4.69) is 4.98 Å². The minimum Gasteiger partial charge on any atom is -0.360 e. The molecular weight excluding hydrogens is 338 g/mol. The third kappa shape index (κ3) is 4.01. The fourth-order valence-electron chi connectivity index (χ4n) is 2.42. The lowest BCUT2D eigenvalue weighted by Gasteiger charge is -2.30. The van der Waals surface area contributed by atoms with Gasteiger partial charge in [-0.25, -0.2) is 0 Å². The van der Waals surface area contributed by atoms with Crippen molar-refractivity contribution in [1.82, 2.24) is 4.98 Å². The molecule has 0 saturated carbocycles. The van der Waals surface area contributed by atoms with E-state index in [1.165, 1.54) is 26.0 Å². The molecule has 0 aliphatic rings. The first-order valence-corrected chi connectivity index (χ1v) is 6.96. The third-order valence-corrected chi connectivity index (χ3v) is 3.44. The highest BCUT2D eigenvalue weighted by atomic mass is 19.4. The first-order chi connectivity index (χ1) is 10.9. The maximum Gasteiger partial charge on any atom is 0.417 e. The summed E-state index contributed by atoms with van der Waals surface area (Å²) < 4.78 is 77.5. The molecular formula is C15H14F6N2O. The highest BCUT2D eigenvalue weighted by Crippen LogP contribution is 2.35. The second kappa shape index (κ2) is 6.03. The molecule has 0 saturated heterocycles. The number of alkyl halides is 6. The van der Waals surface area contributed by atoms with Gasteiger partial charge in [0.05, 0.1) is 5.56 Å². The zero-order chi connectivity index (χ0) is 18.3. The summed E-state index contributed by atoms with van der Waals surface area (Å²) in [6.07, 6.45) is -9.30. The fraction of sp³-hybridized carbons (Fsp3) is 0.400. The predicted octanol–water partition coefficient (Wildman–Crippen LogP) is 4.32. The van der Waals surface area contributed by atoms with E-state index in [0.29, 0.717) is 6.07 Å². The van der Waals surface area contributed by atoms with Crippen LogP contribution in [0.2, 0.25) is 0 Å². The van der Waals surface area contributed by atoms with Gasteiger partial charge in [0.1, 0.15) is 6.54 Å². The van der Waals surface area contributed by atoms with Crippen LogP contribution in [0.15, 0.2) is 29.1 Å². The molecule has 0 atom stereocenters. The highest BCUT2D eigenvalue weighted by Gasteiger charge is 2.35. The molecule has 0 fully saturated rings. The Labute approximate surface area is 132 Å². The average molecular weight is 352 g/mol. The van der Waals surface area contributed by atoms with Crippen LogP contribution in [-0.2, 0) is 6.18 Å². The van der Waals surface area contributed by atoms with Gasteiger partial charge in [0.2, 0.25) is 5.56 Å². The van der Waals surface area contributed by atoms with Crippen molar-refractivity contribution < 1.29 is 26.3 Å². The number of pyridine rings is 1. The van der Waals surface area contributed by atoms with Gasteiger partial charge in [-0.15, -0.1) is 0 Å². The molecule has 132 valence electrons. The fourth-order valence-corrected chi connectivity index (χ4v) is 2.42. The number of aromatic amines is 1. The molecule has 0 radical (unpaired) electrons. The van der Waals surface area contributed by atoms with E-state index in [0.717, 1.165) is 11.0 Å². The van der Waals surface area contributed by atoms with Gasteiger partial charge in [0.25, 0.3) is 0 Å². The molecule has 0 spiro atoms. The number of aromatic nitrogens is 1. The lowest BCUT2D eigenvalue weighted by molar-refractivity contribution is -0.136. The van der Waals surface area contributed by atoms with Gasteiger partial charge < -0.3 is 9.88 Å². The van der Waals surface area contributed by atoms with Gasteiger partial charge in [-0.1, -0.05) is 0 Å². The van der Waals surface area contributed by atoms with Crippen LogP contribution in [0.1, 0.15) is 19.4 Å². The van der Waals surface area contributed by atoms with E-state index in [1.54, 1.807) is 0 Å². The highest BCUT2D eigenvalue weighted by molar-refractivity contribution is 5.86. The molecule has 9 heteroatoms. The number of nitrogens with one attached hydrogen (secondary N) is 1. The van der Waals surface area contributed by atoms with Crippen molar-refractivity contribution in [2.45, 2.75) is 32.2 Å². The molecule has 0 unspecified atom stereocenters. The molecule has 0 aliphatic heterocycles. The van der Waals surface area contributed by atoms with Crippen molar-refractivity contribution >= 4 is 16.6 Å². The Kier molecular flexibility index (Phi) is 4.56. The molecule has 24 heavy (non-hydrogen) atoms. The number of nitrogens with zero attached hydrogens (tertiary/aromatic N) is 1. The molecule has 3 nitrogen and oxygen atoms in total. The Balaban J connectivity index is 2.65. The summed E-state index contributed by atoms with van der Waals surface area (Å²) in [5.41, 5.74) is -2.21. The number of benzene rings is 1. The van der Waals surface area contributed by atoms with Gasteiger partial charge >= 0.3 is 12.4 Å². The summed E-state index contributed by atoms with van der Waals surface area (Å²) in [6.45, 7) is 1.72. The summed E-state index contributed by atoms with van der Waals surface area (Å²) in [5.74, 6) is 0. The average Bonchev–Trinajstić information content (AvgIpc) is 2.41. The van der Waals surface area contributed by atoms with E-state index in [4.69, 9.17) is 0 Å². The van der Waals surface area contributed by atoms with Crippen molar-refractivity contribution in [3.8, 4) is 0 Å². The first kappa shape index (κ1) is 18.2. The number of fused-ring (bicyclic) bond motifs is 1. The van der Waals surface area contributed by atoms with Crippen LogP contribution in [-0.4, -0.2) is 23.7 Å². The Hall–Kier alpha value is -2.19. The van der Waals surface area contributed by atoms with Gasteiger partial charge in [0.15, 0.2) is 0 Å². The Morgan fingerprint density at radius 2 is 1.71 bits per heavy atom. The molecule has 1 heterocycles. The summed E-state index contributed by atoms with van der Waals surface area (Å²) in [5, 5.41) is -0.354.